The summed E-state index contributed by atoms with van der Waals surface area (Å²) in [4.78, 5) is 22.2. The van der Waals surface area contributed by atoms with E-state index < -0.39 is 4.92 Å². The van der Waals surface area contributed by atoms with Crippen LogP contribution in [0.15, 0.2) is 16.6 Å². The number of aryl methyl sites for hydroxylation is 1. The van der Waals surface area contributed by atoms with Gasteiger partial charge in [0.15, 0.2) is 0 Å². The van der Waals surface area contributed by atoms with Crippen molar-refractivity contribution in [2.24, 2.45) is 5.92 Å². The molecular weight excluding hydrogens is 326 g/mol. The second-order valence-electron chi connectivity index (χ2n) is 5.00. The van der Waals surface area contributed by atoms with E-state index in [9.17, 15) is 14.9 Å². The summed E-state index contributed by atoms with van der Waals surface area (Å²) < 4.78 is 0.635. The average molecular weight is 342 g/mol. The van der Waals surface area contributed by atoms with Gasteiger partial charge in [-0.05, 0) is 54.2 Å². The minimum atomic E-state index is -0.456. The molecule has 0 aliphatic heterocycles. The Morgan fingerprint density at radius 3 is 2.80 bits per heavy atom. The van der Waals surface area contributed by atoms with Crippen LogP contribution in [0.4, 0.5) is 11.4 Å². The quantitative estimate of drug-likeness (QED) is 0.615. The molecule has 0 atom stereocenters. The lowest BCUT2D eigenvalue weighted by Crippen LogP contribution is -2.29. The van der Waals surface area contributed by atoms with Gasteiger partial charge in [0.05, 0.1) is 17.2 Å². The summed E-state index contributed by atoms with van der Waals surface area (Å²) in [5, 5.41) is 16.6. The first-order chi connectivity index (χ1) is 9.47. The molecule has 1 fully saturated rings. The van der Waals surface area contributed by atoms with E-state index >= 15 is 0 Å². The normalized spacial score (nSPS) is 14.1. The minimum Gasteiger partial charge on any atom is -0.324 e. The van der Waals surface area contributed by atoms with E-state index in [1.54, 1.807) is 13.0 Å². The molecule has 108 valence electrons. The predicted molar refractivity (Wildman–Crippen MR) is 79.8 cm³/mol. The average Bonchev–Trinajstić information content (AvgIpc) is 3.16. The number of carbonyl (C=O) groups is 1. The number of amides is 1. The highest BCUT2D eigenvalue weighted by atomic mass is 79.9. The largest absolute Gasteiger partial charge is 0.324 e. The molecule has 0 spiro atoms. The molecule has 0 saturated heterocycles. The second kappa shape index (κ2) is 6.32. The fourth-order valence-corrected chi connectivity index (χ4v) is 2.42. The molecule has 7 heteroatoms. The minimum absolute atomic E-state index is 0.00515. The zero-order chi connectivity index (χ0) is 14.7. The van der Waals surface area contributed by atoms with Gasteiger partial charge in [-0.2, -0.15) is 0 Å². The van der Waals surface area contributed by atoms with Crippen LogP contribution in [0.25, 0.3) is 0 Å². The SMILES string of the molecule is Cc1cc(Br)c(NC(=O)CNCC2CC2)cc1[N+](=O)[O-]. The van der Waals surface area contributed by atoms with Crippen LogP contribution in [0.3, 0.4) is 0 Å². The van der Waals surface area contributed by atoms with Gasteiger partial charge in [0, 0.05) is 16.1 Å². The smallest absolute Gasteiger partial charge is 0.274 e. The third kappa shape index (κ3) is 4.01. The summed E-state index contributed by atoms with van der Waals surface area (Å²) in [5.41, 5.74) is 0.960. The zero-order valence-electron chi connectivity index (χ0n) is 11.1. The number of hydrogen-bond donors (Lipinski definition) is 2. The molecule has 1 saturated carbocycles. The predicted octanol–water partition coefficient (Wildman–Crippen LogP) is 2.60. The maximum atomic E-state index is 11.8. The van der Waals surface area contributed by atoms with Crippen LogP contribution in [0.5, 0.6) is 0 Å². The fourth-order valence-electron chi connectivity index (χ4n) is 1.86. The van der Waals surface area contributed by atoms with E-state index in [-0.39, 0.29) is 18.1 Å². The molecule has 0 aromatic heterocycles. The molecule has 1 aromatic carbocycles. The van der Waals surface area contributed by atoms with Crippen LogP contribution >= 0.6 is 15.9 Å². The van der Waals surface area contributed by atoms with Crippen molar-refractivity contribution in [3.8, 4) is 0 Å². The van der Waals surface area contributed by atoms with Crippen LogP contribution in [-0.2, 0) is 4.79 Å². The number of nitro groups is 1. The van der Waals surface area contributed by atoms with Gasteiger partial charge in [-0.3, -0.25) is 14.9 Å². The molecule has 0 bridgehead atoms. The number of nitrogens with one attached hydrogen (secondary N) is 2. The molecule has 0 radical (unpaired) electrons. The van der Waals surface area contributed by atoms with Crippen molar-refractivity contribution in [1.82, 2.24) is 5.32 Å². The molecular formula is C13H16BrN3O3. The van der Waals surface area contributed by atoms with Crippen LogP contribution in [0.1, 0.15) is 18.4 Å². The van der Waals surface area contributed by atoms with Gasteiger partial charge in [-0.25, -0.2) is 0 Å². The lowest BCUT2D eigenvalue weighted by Gasteiger charge is -2.09. The molecule has 2 N–H and O–H groups in total. The van der Waals surface area contributed by atoms with Gasteiger partial charge in [-0.1, -0.05) is 0 Å². The number of nitro benzene ring substituents is 1. The number of benzene rings is 1. The van der Waals surface area contributed by atoms with E-state index in [0.29, 0.717) is 21.6 Å². The van der Waals surface area contributed by atoms with E-state index in [0.717, 1.165) is 6.54 Å². The molecule has 20 heavy (non-hydrogen) atoms. The highest BCUT2D eigenvalue weighted by Gasteiger charge is 2.21. The molecule has 0 unspecified atom stereocenters. The van der Waals surface area contributed by atoms with E-state index in [2.05, 4.69) is 26.6 Å². The van der Waals surface area contributed by atoms with Gasteiger partial charge in [-0.15, -0.1) is 0 Å². The van der Waals surface area contributed by atoms with Gasteiger partial charge in [0.2, 0.25) is 5.91 Å². The molecule has 1 aromatic rings. The van der Waals surface area contributed by atoms with E-state index in [1.807, 2.05) is 0 Å². The van der Waals surface area contributed by atoms with E-state index in [1.165, 1.54) is 18.9 Å². The Hall–Kier alpha value is -1.47. The number of halogens is 1. The first kappa shape index (κ1) is 14.9. The van der Waals surface area contributed by atoms with Gasteiger partial charge < -0.3 is 10.6 Å². The monoisotopic (exact) mass is 341 g/mol. The summed E-state index contributed by atoms with van der Waals surface area (Å²) in [7, 11) is 0. The summed E-state index contributed by atoms with van der Waals surface area (Å²) in [6.45, 7) is 2.72. The Kier molecular flexibility index (Phi) is 4.72. The van der Waals surface area contributed by atoms with Crippen molar-refractivity contribution in [2.45, 2.75) is 19.8 Å². The third-order valence-corrected chi connectivity index (χ3v) is 3.83. The molecule has 1 aliphatic rings. The third-order valence-electron chi connectivity index (χ3n) is 3.17. The van der Waals surface area contributed by atoms with Crippen LogP contribution in [0.2, 0.25) is 0 Å². The number of anilines is 1. The summed E-state index contributed by atoms with van der Waals surface area (Å²) in [6, 6.07) is 3.00. The Balaban J connectivity index is 1.98. The summed E-state index contributed by atoms with van der Waals surface area (Å²) in [5.74, 6) is 0.500. The molecule has 1 aliphatic carbocycles. The molecule has 1 amide bonds. The Morgan fingerprint density at radius 2 is 2.20 bits per heavy atom. The van der Waals surface area contributed by atoms with Gasteiger partial charge in [0.25, 0.3) is 5.69 Å². The lowest BCUT2D eigenvalue weighted by molar-refractivity contribution is -0.385. The maximum absolute atomic E-state index is 11.8. The van der Waals surface area contributed by atoms with Crippen molar-refractivity contribution >= 4 is 33.2 Å². The summed E-state index contributed by atoms with van der Waals surface area (Å²) >= 11 is 3.30. The Morgan fingerprint density at radius 1 is 1.50 bits per heavy atom. The first-order valence-electron chi connectivity index (χ1n) is 6.42. The molecule has 0 heterocycles. The van der Waals surface area contributed by atoms with Crippen molar-refractivity contribution in [2.75, 3.05) is 18.4 Å². The summed E-state index contributed by atoms with van der Waals surface area (Å²) in [6.07, 6.45) is 2.45. The molecule has 6 nitrogen and oxygen atoms in total. The van der Waals surface area contributed by atoms with Crippen molar-refractivity contribution in [3.05, 3.63) is 32.3 Å². The highest BCUT2D eigenvalue weighted by Crippen LogP contribution is 2.30. The highest BCUT2D eigenvalue weighted by molar-refractivity contribution is 9.10. The zero-order valence-corrected chi connectivity index (χ0v) is 12.7. The standard InChI is InChI=1S/C13H16BrN3O3/c1-8-4-10(14)11(5-12(8)17(19)20)16-13(18)7-15-6-9-2-3-9/h4-5,9,15H,2-3,6-7H2,1H3,(H,16,18). The lowest BCUT2D eigenvalue weighted by atomic mass is 10.2. The topological polar surface area (TPSA) is 84.3 Å². The Labute approximate surface area is 125 Å². The number of hydrogen-bond acceptors (Lipinski definition) is 4. The van der Waals surface area contributed by atoms with Crippen LogP contribution in [0, 0.1) is 23.0 Å². The second-order valence-corrected chi connectivity index (χ2v) is 5.85. The van der Waals surface area contributed by atoms with Gasteiger partial charge in [0.1, 0.15) is 0 Å². The van der Waals surface area contributed by atoms with Crippen molar-refractivity contribution in [3.63, 3.8) is 0 Å². The number of nitrogens with zero attached hydrogens (tertiary/aromatic N) is 1. The van der Waals surface area contributed by atoms with E-state index in [4.69, 9.17) is 0 Å². The first-order valence-corrected chi connectivity index (χ1v) is 7.21. The molecule has 2 rings (SSSR count). The Bertz CT molecular complexity index is 544. The fraction of sp³-hybridized carbons (Fsp3) is 0.462. The van der Waals surface area contributed by atoms with Crippen molar-refractivity contribution < 1.29 is 9.72 Å². The van der Waals surface area contributed by atoms with Crippen molar-refractivity contribution in [1.29, 1.82) is 0 Å². The van der Waals surface area contributed by atoms with Crippen LogP contribution < -0.4 is 10.6 Å². The number of carbonyl (C=O) groups excluding carboxylic acids is 1. The van der Waals surface area contributed by atoms with Crippen LogP contribution in [-0.4, -0.2) is 23.9 Å². The van der Waals surface area contributed by atoms with Gasteiger partial charge >= 0.3 is 0 Å². The number of rotatable bonds is 6. The maximum Gasteiger partial charge on any atom is 0.274 e.